The van der Waals surface area contributed by atoms with Crippen molar-refractivity contribution in [2.45, 2.75) is 50.1 Å². The van der Waals surface area contributed by atoms with Crippen molar-refractivity contribution < 1.29 is 23.9 Å². The molecule has 1 fully saturated rings. The molecule has 7 nitrogen and oxygen atoms in total. The Labute approximate surface area is 163 Å². The number of aliphatic carboxylic acids is 1. The summed E-state index contributed by atoms with van der Waals surface area (Å²) in [5.74, 6) is -1.93. The zero-order valence-corrected chi connectivity index (χ0v) is 15.5. The molecule has 148 valence electrons. The van der Waals surface area contributed by atoms with Gasteiger partial charge in [-0.15, -0.1) is 0 Å². The fraction of sp³-hybridized carbons (Fsp3) is 0.381. The van der Waals surface area contributed by atoms with E-state index in [1.807, 2.05) is 30.3 Å². The number of nitrogens with one attached hydrogen (secondary N) is 2. The van der Waals surface area contributed by atoms with Crippen molar-refractivity contribution >= 4 is 17.8 Å². The number of amides is 2. The van der Waals surface area contributed by atoms with Gasteiger partial charge in [0.1, 0.15) is 11.6 Å². The van der Waals surface area contributed by atoms with Crippen LogP contribution in [0, 0.1) is 0 Å². The van der Waals surface area contributed by atoms with Crippen LogP contribution in [0.2, 0.25) is 0 Å². The molecule has 0 aliphatic heterocycles. The zero-order chi connectivity index (χ0) is 20.0. The van der Waals surface area contributed by atoms with Crippen LogP contribution >= 0.6 is 0 Å². The van der Waals surface area contributed by atoms with E-state index in [-0.39, 0.29) is 12.2 Å². The van der Waals surface area contributed by atoms with Crippen molar-refractivity contribution in [2.24, 2.45) is 0 Å². The molecular weight excluding hydrogens is 360 g/mol. The first-order valence-corrected chi connectivity index (χ1v) is 9.44. The highest BCUT2D eigenvalue weighted by molar-refractivity contribution is 5.98. The van der Waals surface area contributed by atoms with Gasteiger partial charge in [-0.25, -0.2) is 4.79 Å². The van der Waals surface area contributed by atoms with Crippen LogP contribution in [0.25, 0.3) is 0 Å². The largest absolute Gasteiger partial charge is 0.480 e. The third-order valence-electron chi connectivity index (χ3n) is 5.13. The monoisotopic (exact) mass is 384 g/mol. The molecule has 0 bridgehead atoms. The molecular formula is C21H24N2O5. The van der Waals surface area contributed by atoms with Crippen molar-refractivity contribution in [2.75, 3.05) is 0 Å². The van der Waals surface area contributed by atoms with Crippen molar-refractivity contribution in [1.29, 1.82) is 0 Å². The van der Waals surface area contributed by atoms with Gasteiger partial charge >= 0.3 is 5.97 Å². The van der Waals surface area contributed by atoms with E-state index in [4.69, 9.17) is 4.42 Å². The average molecular weight is 384 g/mol. The van der Waals surface area contributed by atoms with Crippen LogP contribution in [0.5, 0.6) is 0 Å². The molecule has 1 saturated carbocycles. The highest BCUT2D eigenvalue weighted by atomic mass is 16.4. The summed E-state index contributed by atoms with van der Waals surface area (Å²) >= 11 is 0. The summed E-state index contributed by atoms with van der Waals surface area (Å²) in [6.45, 7) is 0. The summed E-state index contributed by atoms with van der Waals surface area (Å²) in [5.41, 5.74) is -0.320. The lowest BCUT2D eigenvalue weighted by Crippen LogP contribution is -2.62. The third-order valence-corrected chi connectivity index (χ3v) is 5.13. The standard InChI is InChI=1S/C21H24N2O5/c24-18(17-10-7-13-28-17)23-21(11-5-2-6-12-21)20(27)22-16(19(25)26)14-15-8-3-1-4-9-15/h1,3-4,7-10,13,16H,2,5-6,11-12,14H2,(H,22,27)(H,23,24)(H,25,26)/t16-/m0/s1. The van der Waals surface area contributed by atoms with Gasteiger partial charge in [-0.05, 0) is 30.5 Å². The SMILES string of the molecule is O=C(NC1(C(=O)N[C@@H](Cc2ccccc2)C(=O)O)CCCCC1)c1ccco1. The van der Waals surface area contributed by atoms with E-state index in [2.05, 4.69) is 10.6 Å². The molecule has 2 aromatic rings. The summed E-state index contributed by atoms with van der Waals surface area (Å²) in [6.07, 6.45) is 5.02. The predicted molar refractivity (Wildman–Crippen MR) is 102 cm³/mol. The Balaban J connectivity index is 1.76. The first-order valence-electron chi connectivity index (χ1n) is 9.44. The van der Waals surface area contributed by atoms with Crippen LogP contribution in [-0.2, 0) is 16.0 Å². The molecule has 0 unspecified atom stereocenters. The number of carbonyl (C=O) groups is 3. The Morgan fingerprint density at radius 2 is 1.75 bits per heavy atom. The molecule has 3 N–H and O–H groups in total. The van der Waals surface area contributed by atoms with E-state index in [0.29, 0.717) is 12.8 Å². The number of hydrogen-bond donors (Lipinski definition) is 3. The minimum absolute atomic E-state index is 0.122. The lowest BCUT2D eigenvalue weighted by molar-refractivity contribution is -0.143. The molecule has 1 aromatic carbocycles. The summed E-state index contributed by atoms with van der Waals surface area (Å²) < 4.78 is 5.12. The van der Waals surface area contributed by atoms with E-state index in [1.54, 1.807) is 6.07 Å². The maximum Gasteiger partial charge on any atom is 0.326 e. The molecule has 0 spiro atoms. The van der Waals surface area contributed by atoms with Gasteiger partial charge in [0.2, 0.25) is 5.91 Å². The van der Waals surface area contributed by atoms with Gasteiger partial charge < -0.3 is 20.2 Å². The maximum absolute atomic E-state index is 13.1. The summed E-state index contributed by atoms with van der Waals surface area (Å²) in [4.78, 5) is 37.3. The van der Waals surface area contributed by atoms with Gasteiger partial charge in [0.25, 0.3) is 5.91 Å². The van der Waals surface area contributed by atoms with Crippen LogP contribution in [-0.4, -0.2) is 34.5 Å². The Morgan fingerprint density at radius 3 is 2.36 bits per heavy atom. The fourth-order valence-corrected chi connectivity index (χ4v) is 3.60. The first-order chi connectivity index (χ1) is 13.5. The van der Waals surface area contributed by atoms with Gasteiger partial charge in [0.15, 0.2) is 5.76 Å². The van der Waals surface area contributed by atoms with Gasteiger partial charge in [0.05, 0.1) is 6.26 Å². The fourth-order valence-electron chi connectivity index (χ4n) is 3.60. The minimum atomic E-state index is -1.13. The number of carboxylic acid groups (broad SMARTS) is 1. The summed E-state index contributed by atoms with van der Waals surface area (Å²) in [5, 5.41) is 15.0. The maximum atomic E-state index is 13.1. The Bertz CT molecular complexity index is 811. The zero-order valence-electron chi connectivity index (χ0n) is 15.5. The van der Waals surface area contributed by atoms with Crippen molar-refractivity contribution in [3.8, 4) is 0 Å². The normalized spacial score (nSPS) is 16.7. The van der Waals surface area contributed by atoms with Crippen molar-refractivity contribution in [3.05, 3.63) is 60.1 Å². The van der Waals surface area contributed by atoms with E-state index in [9.17, 15) is 19.5 Å². The third kappa shape index (κ3) is 4.60. The second kappa shape index (κ2) is 8.73. The lowest BCUT2D eigenvalue weighted by Gasteiger charge is -2.37. The predicted octanol–water partition coefficient (Wildman–Crippen LogP) is 2.52. The first kappa shape index (κ1) is 19.7. The number of hydrogen-bond acceptors (Lipinski definition) is 4. The Hall–Kier alpha value is -3.09. The van der Waals surface area contributed by atoms with E-state index >= 15 is 0 Å². The van der Waals surface area contributed by atoms with Gasteiger partial charge in [-0.1, -0.05) is 49.6 Å². The molecule has 1 aromatic heterocycles. The highest BCUT2D eigenvalue weighted by Gasteiger charge is 2.42. The van der Waals surface area contributed by atoms with Crippen LogP contribution in [0.3, 0.4) is 0 Å². The summed E-state index contributed by atoms with van der Waals surface area (Å²) in [6, 6.07) is 11.2. The Kier molecular flexibility index (Phi) is 6.13. The van der Waals surface area contributed by atoms with Crippen LogP contribution in [0.1, 0.15) is 48.2 Å². The molecule has 0 radical (unpaired) electrons. The Morgan fingerprint density at radius 1 is 1.04 bits per heavy atom. The smallest absolute Gasteiger partial charge is 0.326 e. The van der Waals surface area contributed by atoms with Crippen LogP contribution < -0.4 is 10.6 Å². The van der Waals surface area contributed by atoms with Gasteiger partial charge in [-0.3, -0.25) is 9.59 Å². The lowest BCUT2D eigenvalue weighted by atomic mass is 9.80. The number of carboxylic acids is 1. The molecule has 28 heavy (non-hydrogen) atoms. The number of furan rings is 1. The second-order valence-corrected chi connectivity index (χ2v) is 7.13. The van der Waals surface area contributed by atoms with E-state index < -0.39 is 29.4 Å². The van der Waals surface area contributed by atoms with Crippen molar-refractivity contribution in [3.63, 3.8) is 0 Å². The quantitative estimate of drug-likeness (QED) is 0.680. The topological polar surface area (TPSA) is 109 Å². The molecule has 1 aliphatic rings. The number of carbonyl (C=O) groups excluding carboxylic acids is 2. The van der Waals surface area contributed by atoms with Crippen LogP contribution in [0.15, 0.2) is 53.1 Å². The van der Waals surface area contributed by atoms with E-state index in [1.165, 1.54) is 12.3 Å². The molecule has 0 saturated heterocycles. The molecule has 3 rings (SSSR count). The molecule has 2 amide bonds. The molecule has 7 heteroatoms. The molecule has 1 aliphatic carbocycles. The van der Waals surface area contributed by atoms with Gasteiger partial charge in [0, 0.05) is 6.42 Å². The highest BCUT2D eigenvalue weighted by Crippen LogP contribution is 2.29. The number of benzene rings is 1. The van der Waals surface area contributed by atoms with E-state index in [0.717, 1.165) is 24.8 Å². The van der Waals surface area contributed by atoms with Crippen molar-refractivity contribution in [1.82, 2.24) is 10.6 Å². The number of rotatable bonds is 7. The molecule has 1 heterocycles. The summed E-state index contributed by atoms with van der Waals surface area (Å²) in [7, 11) is 0. The molecule has 1 atom stereocenters. The minimum Gasteiger partial charge on any atom is -0.480 e. The average Bonchev–Trinajstić information content (AvgIpc) is 3.24. The van der Waals surface area contributed by atoms with Gasteiger partial charge in [-0.2, -0.15) is 0 Å². The second-order valence-electron chi connectivity index (χ2n) is 7.13. The van der Waals surface area contributed by atoms with Crippen LogP contribution in [0.4, 0.5) is 0 Å².